The molecule has 0 atom stereocenters. The summed E-state index contributed by atoms with van der Waals surface area (Å²) >= 11 is 1.22. The third-order valence-corrected chi connectivity index (χ3v) is 7.82. The highest BCUT2D eigenvalue weighted by Gasteiger charge is 2.41. The molecule has 0 radical (unpaired) electrons. The lowest BCUT2D eigenvalue weighted by Crippen LogP contribution is -2.39. The molecule has 3 rings (SSSR count). The number of nitrogens with zero attached hydrogens (tertiary/aromatic N) is 2. The summed E-state index contributed by atoms with van der Waals surface area (Å²) in [5, 5.41) is 9.75. The van der Waals surface area contributed by atoms with Crippen LogP contribution >= 0.6 is 11.3 Å². The van der Waals surface area contributed by atoms with Crippen molar-refractivity contribution in [3.05, 3.63) is 15.6 Å². The van der Waals surface area contributed by atoms with E-state index in [4.69, 9.17) is 5.11 Å². The number of piperidine rings is 1. The van der Waals surface area contributed by atoms with Crippen molar-refractivity contribution in [1.29, 1.82) is 0 Å². The van der Waals surface area contributed by atoms with Crippen LogP contribution in [0, 0.1) is 6.92 Å². The Morgan fingerprint density at radius 2 is 1.90 bits per heavy atom. The van der Waals surface area contributed by atoms with Gasteiger partial charge in [-0.3, -0.25) is 0 Å². The van der Waals surface area contributed by atoms with Gasteiger partial charge in [-0.25, -0.2) is 22.5 Å². The van der Waals surface area contributed by atoms with Crippen LogP contribution < -0.4 is 0 Å². The van der Waals surface area contributed by atoms with Crippen LogP contribution in [0.2, 0.25) is 0 Å². The maximum absolute atomic E-state index is 12.2. The summed E-state index contributed by atoms with van der Waals surface area (Å²) in [5.74, 6) is -0.766. The molecule has 2 heterocycles. The monoisotopic (exact) mass is 330 g/mol. The summed E-state index contributed by atoms with van der Waals surface area (Å²) in [4.78, 5) is 15.7. The molecule has 0 amide bonds. The number of thiazole rings is 1. The van der Waals surface area contributed by atoms with Crippen molar-refractivity contribution in [2.45, 2.75) is 43.8 Å². The van der Waals surface area contributed by atoms with Crippen LogP contribution in [-0.4, -0.2) is 47.1 Å². The zero-order valence-electron chi connectivity index (χ0n) is 11.8. The number of aryl methyl sites for hydroxylation is 1. The van der Waals surface area contributed by atoms with Gasteiger partial charge in [0.2, 0.25) is 10.0 Å². The molecule has 1 aromatic rings. The molecule has 1 saturated heterocycles. The summed E-state index contributed by atoms with van der Waals surface area (Å²) in [6.07, 6.45) is 3.02. The zero-order valence-corrected chi connectivity index (χ0v) is 13.4. The number of aromatic carboxylic acids is 1. The van der Waals surface area contributed by atoms with E-state index >= 15 is 0 Å². The molecule has 0 aromatic carbocycles. The smallest absolute Gasteiger partial charge is 0.347 e. The molecule has 8 heteroatoms. The maximum Gasteiger partial charge on any atom is 0.347 e. The standard InChI is InChI=1S/C13H18N2O4S2/c1-8-11(13(16)17)20-12(14-8)9-4-6-15(7-5-9)21(18,19)10-2-3-10/h9-10H,2-7H2,1H3,(H,16,17). The fraction of sp³-hybridized carbons (Fsp3) is 0.692. The molecule has 0 unspecified atom stereocenters. The number of hydrogen-bond acceptors (Lipinski definition) is 5. The van der Waals surface area contributed by atoms with E-state index < -0.39 is 16.0 Å². The van der Waals surface area contributed by atoms with Gasteiger partial charge in [0.15, 0.2) is 0 Å². The molecule has 1 saturated carbocycles. The van der Waals surface area contributed by atoms with Gasteiger partial charge in [0, 0.05) is 19.0 Å². The second kappa shape index (κ2) is 5.33. The molecule has 0 bridgehead atoms. The zero-order chi connectivity index (χ0) is 15.2. The molecular weight excluding hydrogens is 312 g/mol. The Balaban J connectivity index is 1.68. The normalized spacial score (nSPS) is 21.6. The van der Waals surface area contributed by atoms with Crippen molar-refractivity contribution in [3.63, 3.8) is 0 Å². The lowest BCUT2D eigenvalue weighted by Gasteiger charge is -2.30. The second-order valence-electron chi connectivity index (χ2n) is 5.69. The number of carbonyl (C=O) groups is 1. The molecular formula is C13H18N2O4S2. The summed E-state index contributed by atoms with van der Waals surface area (Å²) in [6.45, 7) is 2.74. The largest absolute Gasteiger partial charge is 0.477 e. The van der Waals surface area contributed by atoms with Crippen molar-refractivity contribution in [2.75, 3.05) is 13.1 Å². The average molecular weight is 330 g/mol. The molecule has 1 aliphatic heterocycles. The van der Waals surface area contributed by atoms with Crippen LogP contribution in [0.25, 0.3) is 0 Å². The molecule has 1 aliphatic carbocycles. The topological polar surface area (TPSA) is 87.6 Å². The van der Waals surface area contributed by atoms with E-state index in [9.17, 15) is 13.2 Å². The minimum atomic E-state index is -3.09. The van der Waals surface area contributed by atoms with Crippen molar-refractivity contribution in [1.82, 2.24) is 9.29 Å². The number of carboxylic acids is 1. The number of hydrogen-bond donors (Lipinski definition) is 1. The van der Waals surface area contributed by atoms with Gasteiger partial charge in [0.05, 0.1) is 16.0 Å². The lowest BCUT2D eigenvalue weighted by molar-refractivity contribution is 0.0701. The average Bonchev–Trinajstić information content (AvgIpc) is 3.22. The predicted octanol–water partition coefficient (Wildman–Crippen LogP) is 1.82. The highest BCUT2D eigenvalue weighted by atomic mass is 32.2. The van der Waals surface area contributed by atoms with Crippen LogP contribution in [0.15, 0.2) is 0 Å². The van der Waals surface area contributed by atoms with E-state index in [1.165, 1.54) is 11.3 Å². The SMILES string of the molecule is Cc1nc(C2CCN(S(=O)(=O)C3CC3)CC2)sc1C(=O)O. The third-order valence-electron chi connectivity index (χ3n) is 4.12. The first-order valence-corrected chi connectivity index (χ1v) is 9.41. The summed E-state index contributed by atoms with van der Waals surface area (Å²) in [7, 11) is -3.09. The Kier molecular flexibility index (Phi) is 3.79. The minimum absolute atomic E-state index is 0.158. The van der Waals surface area contributed by atoms with Gasteiger partial charge in [-0.15, -0.1) is 11.3 Å². The van der Waals surface area contributed by atoms with Gasteiger partial charge >= 0.3 is 5.97 Å². The molecule has 0 spiro atoms. The van der Waals surface area contributed by atoms with Gasteiger partial charge in [0.1, 0.15) is 4.88 Å². The highest BCUT2D eigenvalue weighted by molar-refractivity contribution is 7.90. The third kappa shape index (κ3) is 2.84. The number of sulfonamides is 1. The fourth-order valence-corrected chi connectivity index (χ4v) is 5.67. The number of rotatable bonds is 4. The molecule has 1 aromatic heterocycles. The van der Waals surface area contributed by atoms with Crippen molar-refractivity contribution >= 4 is 27.3 Å². The first-order chi connectivity index (χ1) is 9.89. The Bertz CT molecular complexity index is 656. The van der Waals surface area contributed by atoms with Crippen LogP contribution in [-0.2, 0) is 10.0 Å². The Hall–Kier alpha value is -0.990. The van der Waals surface area contributed by atoms with Crippen molar-refractivity contribution in [2.24, 2.45) is 0 Å². The van der Waals surface area contributed by atoms with Crippen LogP contribution in [0.3, 0.4) is 0 Å². The van der Waals surface area contributed by atoms with Gasteiger partial charge in [0.25, 0.3) is 0 Å². The quantitative estimate of drug-likeness (QED) is 0.910. The Morgan fingerprint density at radius 3 is 2.38 bits per heavy atom. The second-order valence-corrected chi connectivity index (χ2v) is 8.93. The van der Waals surface area contributed by atoms with Crippen LogP contribution in [0.1, 0.15) is 52.0 Å². The predicted molar refractivity (Wildman–Crippen MR) is 79.3 cm³/mol. The van der Waals surface area contributed by atoms with Crippen LogP contribution in [0.5, 0.6) is 0 Å². The highest BCUT2D eigenvalue weighted by Crippen LogP contribution is 2.36. The van der Waals surface area contributed by atoms with Gasteiger partial charge < -0.3 is 5.11 Å². The van der Waals surface area contributed by atoms with E-state index in [1.807, 2.05) is 0 Å². The van der Waals surface area contributed by atoms with Gasteiger partial charge in [-0.2, -0.15) is 0 Å². The van der Waals surface area contributed by atoms with Gasteiger partial charge in [-0.1, -0.05) is 0 Å². The van der Waals surface area contributed by atoms with E-state index in [0.29, 0.717) is 18.8 Å². The van der Waals surface area contributed by atoms with E-state index in [2.05, 4.69) is 4.98 Å². The molecule has 1 N–H and O–H groups in total. The molecule has 21 heavy (non-hydrogen) atoms. The van der Waals surface area contributed by atoms with Crippen molar-refractivity contribution < 1.29 is 18.3 Å². The summed E-state index contributed by atoms with van der Waals surface area (Å²) < 4.78 is 25.9. The maximum atomic E-state index is 12.2. The molecule has 6 nitrogen and oxygen atoms in total. The number of aromatic nitrogens is 1. The van der Waals surface area contributed by atoms with Crippen molar-refractivity contribution in [3.8, 4) is 0 Å². The fourth-order valence-electron chi connectivity index (χ4n) is 2.72. The van der Waals surface area contributed by atoms with Gasteiger partial charge in [-0.05, 0) is 32.6 Å². The molecule has 2 aliphatic rings. The summed E-state index contributed by atoms with van der Waals surface area (Å²) in [6, 6.07) is 0. The molecule has 116 valence electrons. The Labute approximate surface area is 127 Å². The van der Waals surface area contributed by atoms with E-state index in [-0.39, 0.29) is 16.0 Å². The van der Waals surface area contributed by atoms with E-state index in [0.717, 1.165) is 30.7 Å². The minimum Gasteiger partial charge on any atom is -0.477 e. The lowest BCUT2D eigenvalue weighted by atomic mass is 9.99. The van der Waals surface area contributed by atoms with E-state index in [1.54, 1.807) is 11.2 Å². The molecule has 2 fully saturated rings. The van der Waals surface area contributed by atoms with Crippen LogP contribution in [0.4, 0.5) is 0 Å². The first kappa shape index (κ1) is 14.9. The summed E-state index contributed by atoms with van der Waals surface area (Å²) in [5.41, 5.74) is 0.551. The first-order valence-electron chi connectivity index (χ1n) is 7.09. The number of carboxylic acid groups (broad SMARTS) is 1. The Morgan fingerprint density at radius 1 is 1.29 bits per heavy atom.